The van der Waals surface area contributed by atoms with E-state index in [4.69, 9.17) is 0 Å². The molecule has 0 saturated carbocycles. The predicted molar refractivity (Wildman–Crippen MR) is 165 cm³/mol. The van der Waals surface area contributed by atoms with E-state index in [2.05, 4.69) is 46.7 Å². The first-order valence-corrected chi connectivity index (χ1v) is 14.4. The monoisotopic (exact) mass is 615 g/mol. The fraction of sp³-hybridized carbons (Fsp3) is 0.355. The van der Waals surface area contributed by atoms with Crippen molar-refractivity contribution in [3.05, 3.63) is 66.1 Å². The second-order valence-electron chi connectivity index (χ2n) is 11.3. The summed E-state index contributed by atoms with van der Waals surface area (Å²) in [6, 6.07) is 12.8. The number of nitrogens with zero attached hydrogens (tertiary/aromatic N) is 6. The van der Waals surface area contributed by atoms with Gasteiger partial charge >= 0.3 is 6.09 Å². The fourth-order valence-electron chi connectivity index (χ4n) is 4.94. The molecule has 13 nitrogen and oxygen atoms in total. The summed E-state index contributed by atoms with van der Waals surface area (Å²) in [5, 5.41) is 32.1. The van der Waals surface area contributed by atoms with E-state index in [9.17, 15) is 24.3 Å². The molecule has 0 radical (unpaired) electrons. The molecule has 1 fully saturated rings. The van der Waals surface area contributed by atoms with Gasteiger partial charge in [-0.2, -0.15) is 10.4 Å². The van der Waals surface area contributed by atoms with Crippen molar-refractivity contribution in [3.63, 3.8) is 0 Å². The van der Waals surface area contributed by atoms with Gasteiger partial charge in [0.1, 0.15) is 18.1 Å². The van der Waals surface area contributed by atoms with E-state index >= 15 is 0 Å². The number of carbonyl (C=O) groups is 2. The summed E-state index contributed by atoms with van der Waals surface area (Å²) >= 11 is 0. The van der Waals surface area contributed by atoms with E-state index in [1.807, 2.05) is 24.3 Å². The van der Waals surface area contributed by atoms with Crippen molar-refractivity contribution >= 4 is 34.7 Å². The Morgan fingerprint density at radius 2 is 1.93 bits per heavy atom. The van der Waals surface area contributed by atoms with Crippen LogP contribution in [0.2, 0.25) is 0 Å². The molecule has 0 aliphatic carbocycles. The van der Waals surface area contributed by atoms with Gasteiger partial charge in [-0.1, -0.05) is 0 Å². The molecule has 0 aromatic carbocycles. The number of aliphatic hydroxyl groups is 1. The predicted octanol–water partition coefficient (Wildman–Crippen LogP) is 3.57. The summed E-state index contributed by atoms with van der Waals surface area (Å²) in [7, 11) is 1.34. The SMILES string of the molecule is COC(=O)NC1CCN(c2ccc(Nc3cc(-c4ccc5cc(C#N)cnn45)ncc3C(=O)NC[C@@H](F)C(C)(C)O)cn2)CC1. The highest BCUT2D eigenvalue weighted by Crippen LogP contribution is 2.28. The van der Waals surface area contributed by atoms with Crippen molar-refractivity contribution in [1.29, 1.82) is 5.26 Å². The highest BCUT2D eigenvalue weighted by Gasteiger charge is 2.27. The molecule has 4 aromatic rings. The molecule has 1 saturated heterocycles. The average molecular weight is 616 g/mol. The van der Waals surface area contributed by atoms with E-state index in [0.717, 1.165) is 18.7 Å². The molecule has 1 atom stereocenters. The number of fused-ring (bicyclic) bond motifs is 1. The molecule has 1 aliphatic heterocycles. The van der Waals surface area contributed by atoms with Crippen LogP contribution in [-0.4, -0.2) is 81.2 Å². The zero-order chi connectivity index (χ0) is 32.1. The Labute approximate surface area is 259 Å². The van der Waals surface area contributed by atoms with Crippen LogP contribution in [0.3, 0.4) is 0 Å². The molecule has 5 rings (SSSR count). The number of rotatable bonds is 9. The lowest BCUT2D eigenvalue weighted by molar-refractivity contribution is -0.00177. The van der Waals surface area contributed by atoms with E-state index in [0.29, 0.717) is 46.9 Å². The first kappa shape index (κ1) is 31.1. The zero-order valence-corrected chi connectivity index (χ0v) is 25.1. The number of nitriles is 1. The largest absolute Gasteiger partial charge is 0.453 e. The van der Waals surface area contributed by atoms with Crippen LogP contribution in [0.4, 0.5) is 26.4 Å². The Morgan fingerprint density at radius 3 is 2.60 bits per heavy atom. The molecule has 0 unspecified atom stereocenters. The summed E-state index contributed by atoms with van der Waals surface area (Å²) in [5.41, 5.74) is 1.79. The maximum Gasteiger partial charge on any atom is 0.407 e. The quantitative estimate of drug-likeness (QED) is 0.218. The Balaban J connectivity index is 1.38. The standard InChI is InChI=1S/C31H34FN9O4/c1-31(2,44)27(32)18-36-29(42)23-17-34-25(26-6-5-22-12-19(14-33)15-37-41(22)26)13-24(23)38-21-4-7-28(35-16-21)40-10-8-20(9-11-40)39-30(43)45-3/h4-7,12-13,15-17,20,27,44H,8-11,18H2,1-3H3,(H,34,38)(H,36,42)(H,39,43)/t27-/m1/s1. The Bertz CT molecular complexity index is 1720. The number of piperidine rings is 1. The number of halogens is 1. The maximum atomic E-state index is 14.4. The summed E-state index contributed by atoms with van der Waals surface area (Å²) in [6.07, 6.45) is 3.89. The van der Waals surface area contributed by atoms with Crippen LogP contribution in [0, 0.1) is 11.3 Å². The minimum absolute atomic E-state index is 0.0394. The van der Waals surface area contributed by atoms with Crippen LogP contribution in [0.25, 0.3) is 16.9 Å². The molecule has 2 amide bonds. The third kappa shape index (κ3) is 7.27. The van der Waals surface area contributed by atoms with Crippen LogP contribution in [-0.2, 0) is 4.74 Å². The summed E-state index contributed by atoms with van der Waals surface area (Å²) < 4.78 is 20.7. The molecule has 0 bridgehead atoms. The van der Waals surface area contributed by atoms with Crippen molar-refractivity contribution in [2.75, 3.05) is 37.0 Å². The summed E-state index contributed by atoms with van der Waals surface area (Å²) in [6.45, 7) is 3.70. The van der Waals surface area contributed by atoms with Gasteiger partial charge in [0.15, 0.2) is 0 Å². The van der Waals surface area contributed by atoms with Crippen LogP contribution >= 0.6 is 0 Å². The number of pyridine rings is 2. The number of alkyl carbamates (subject to hydrolysis) is 1. The van der Waals surface area contributed by atoms with Crippen molar-refractivity contribution in [2.24, 2.45) is 0 Å². The molecule has 45 heavy (non-hydrogen) atoms. The topological polar surface area (TPSA) is 170 Å². The number of amides is 2. The van der Waals surface area contributed by atoms with E-state index in [1.165, 1.54) is 33.4 Å². The van der Waals surface area contributed by atoms with Gasteiger partial charge in [0.05, 0.1) is 71.1 Å². The van der Waals surface area contributed by atoms with Crippen molar-refractivity contribution < 1.29 is 23.8 Å². The van der Waals surface area contributed by atoms with Crippen molar-refractivity contribution in [3.8, 4) is 17.5 Å². The number of alkyl halides is 1. The number of ether oxygens (including phenoxy) is 1. The number of hydrogen-bond donors (Lipinski definition) is 4. The van der Waals surface area contributed by atoms with Crippen molar-refractivity contribution in [2.45, 2.75) is 44.5 Å². The van der Waals surface area contributed by atoms with Gasteiger partial charge in [-0.05, 0) is 63.1 Å². The highest BCUT2D eigenvalue weighted by molar-refractivity contribution is 6.00. The minimum atomic E-state index is -1.68. The Kier molecular flexibility index (Phi) is 9.10. The highest BCUT2D eigenvalue weighted by atomic mass is 19.1. The molecule has 4 aromatic heterocycles. The van der Waals surface area contributed by atoms with Gasteiger partial charge in [-0.3, -0.25) is 9.78 Å². The van der Waals surface area contributed by atoms with Crippen LogP contribution in [0.1, 0.15) is 42.6 Å². The average Bonchev–Trinajstić information content (AvgIpc) is 3.47. The first-order valence-electron chi connectivity index (χ1n) is 14.4. The number of nitrogens with one attached hydrogen (secondary N) is 3. The summed E-state index contributed by atoms with van der Waals surface area (Å²) in [4.78, 5) is 35.9. The lowest BCUT2D eigenvalue weighted by atomic mass is 10.0. The molecule has 4 N–H and O–H groups in total. The van der Waals surface area contributed by atoms with Crippen LogP contribution < -0.4 is 20.9 Å². The van der Waals surface area contributed by atoms with Gasteiger partial charge in [-0.25, -0.2) is 18.7 Å². The van der Waals surface area contributed by atoms with E-state index in [1.54, 1.807) is 22.8 Å². The zero-order valence-electron chi connectivity index (χ0n) is 25.1. The van der Waals surface area contributed by atoms with Crippen LogP contribution in [0.15, 0.2) is 55.0 Å². The third-order valence-electron chi connectivity index (χ3n) is 7.60. The number of hydrogen-bond acceptors (Lipinski definition) is 10. The fourth-order valence-corrected chi connectivity index (χ4v) is 4.94. The normalized spacial score (nSPS) is 14.4. The lowest BCUT2D eigenvalue weighted by Gasteiger charge is -2.32. The molecule has 234 valence electrons. The molecule has 0 spiro atoms. The maximum absolute atomic E-state index is 14.4. The van der Waals surface area contributed by atoms with Gasteiger partial charge in [-0.15, -0.1) is 0 Å². The number of carbonyl (C=O) groups excluding carboxylic acids is 2. The van der Waals surface area contributed by atoms with E-state index < -0.39 is 23.8 Å². The summed E-state index contributed by atoms with van der Waals surface area (Å²) in [5.74, 6) is 0.196. The van der Waals surface area contributed by atoms with Crippen LogP contribution in [0.5, 0.6) is 0 Å². The lowest BCUT2D eigenvalue weighted by Crippen LogP contribution is -2.44. The minimum Gasteiger partial charge on any atom is -0.453 e. The van der Waals surface area contributed by atoms with Gasteiger partial charge in [0.2, 0.25) is 0 Å². The molecule has 14 heteroatoms. The molecular weight excluding hydrogens is 581 g/mol. The molecule has 5 heterocycles. The number of anilines is 3. The Morgan fingerprint density at radius 1 is 1.16 bits per heavy atom. The van der Waals surface area contributed by atoms with Crippen molar-refractivity contribution in [1.82, 2.24) is 30.2 Å². The molecule has 1 aliphatic rings. The number of aromatic nitrogens is 4. The van der Waals surface area contributed by atoms with Gasteiger partial charge in [0.25, 0.3) is 5.91 Å². The smallest absolute Gasteiger partial charge is 0.407 e. The van der Waals surface area contributed by atoms with E-state index in [-0.39, 0.29) is 18.2 Å². The Hall–Kier alpha value is -5.29. The van der Waals surface area contributed by atoms with Gasteiger partial charge in [0, 0.05) is 25.3 Å². The van der Waals surface area contributed by atoms with Gasteiger partial charge < -0.3 is 30.7 Å². The second-order valence-corrected chi connectivity index (χ2v) is 11.3. The number of methoxy groups -OCH3 is 1. The molecular formula is C31H34FN9O4. The first-order chi connectivity index (χ1) is 21.5. The second kappa shape index (κ2) is 13.1. The third-order valence-corrected chi connectivity index (χ3v) is 7.60.